The Morgan fingerprint density at radius 2 is 0.917 bits per heavy atom. The van der Waals surface area contributed by atoms with Crippen LogP contribution in [0, 0.1) is 0 Å². The van der Waals surface area contributed by atoms with Gasteiger partial charge in [0.15, 0.2) is 12.2 Å². The molecule has 0 spiro atoms. The molecule has 0 radical (unpaired) electrons. The Hall–Kier alpha value is -3.60. The summed E-state index contributed by atoms with van der Waals surface area (Å²) < 4.78 is 12.3. The molecule has 0 aliphatic heterocycles. The number of ether oxygens (including phenoxy) is 2. The van der Waals surface area contributed by atoms with Crippen LogP contribution in [-0.4, -0.2) is 24.1 Å². The summed E-state index contributed by atoms with van der Waals surface area (Å²) in [5, 5.41) is 1.16. The Morgan fingerprint density at radius 1 is 0.528 bits per heavy atom. The van der Waals surface area contributed by atoms with Crippen LogP contribution >= 0.6 is 23.2 Å². The zero-order chi connectivity index (χ0) is 24.8. The molecule has 2 unspecified atom stereocenters. The molecule has 0 N–H and O–H groups in total. The Balaban J connectivity index is 1.49. The lowest BCUT2D eigenvalue weighted by molar-refractivity contribution is -0.0557. The average Bonchev–Trinajstić information content (AvgIpc) is 2.90. The van der Waals surface area contributed by atoms with Crippen molar-refractivity contribution in [2.24, 2.45) is 0 Å². The van der Waals surface area contributed by atoms with Crippen molar-refractivity contribution in [1.82, 2.24) is 0 Å². The van der Waals surface area contributed by atoms with Gasteiger partial charge in [-0.15, -0.1) is 0 Å². The summed E-state index contributed by atoms with van der Waals surface area (Å²) in [6, 6.07) is 29.0. The minimum absolute atomic E-state index is 0.351. The minimum Gasteiger partial charge on any atom is -0.454 e. The molecule has 7 rings (SSSR count). The average molecular weight is 515 g/mol. The first-order chi connectivity index (χ1) is 17.5. The molecule has 3 aliphatic rings. The van der Waals surface area contributed by atoms with E-state index < -0.39 is 30.1 Å². The fraction of sp³-hybridized carbons (Fsp3) is 0.133. The van der Waals surface area contributed by atoms with Crippen molar-refractivity contribution < 1.29 is 19.1 Å². The van der Waals surface area contributed by atoms with Gasteiger partial charge in [-0.25, -0.2) is 9.59 Å². The van der Waals surface area contributed by atoms with Gasteiger partial charge in [-0.3, -0.25) is 0 Å². The van der Waals surface area contributed by atoms with Crippen LogP contribution in [-0.2, 0) is 9.47 Å². The van der Waals surface area contributed by atoms with E-state index in [-0.39, 0.29) is 5.92 Å². The highest BCUT2D eigenvalue weighted by Crippen LogP contribution is 2.55. The maximum Gasteiger partial charge on any atom is 0.338 e. The van der Waals surface area contributed by atoms with Crippen LogP contribution < -0.4 is 0 Å². The van der Waals surface area contributed by atoms with Crippen LogP contribution in [0.2, 0.25) is 10.0 Å². The summed E-state index contributed by atoms with van der Waals surface area (Å²) in [4.78, 5) is 26.5. The van der Waals surface area contributed by atoms with Crippen molar-refractivity contribution in [1.29, 1.82) is 0 Å². The fourth-order valence-electron chi connectivity index (χ4n) is 5.42. The summed E-state index contributed by atoms with van der Waals surface area (Å²) in [6.07, 6.45) is -1.51. The molecule has 2 atom stereocenters. The number of fused-ring (bicyclic) bond motifs is 1. The number of esters is 2. The molecule has 0 amide bonds. The van der Waals surface area contributed by atoms with Gasteiger partial charge in [0, 0.05) is 10.0 Å². The molecule has 3 aliphatic carbocycles. The van der Waals surface area contributed by atoms with Crippen molar-refractivity contribution in [3.8, 4) is 0 Å². The van der Waals surface area contributed by atoms with Crippen LogP contribution in [0.25, 0.3) is 0 Å². The van der Waals surface area contributed by atoms with E-state index >= 15 is 0 Å². The quantitative estimate of drug-likeness (QED) is 0.274. The molecule has 4 nitrogen and oxygen atoms in total. The number of halogens is 2. The van der Waals surface area contributed by atoms with E-state index in [0.717, 1.165) is 22.3 Å². The summed E-state index contributed by atoms with van der Waals surface area (Å²) in [6.45, 7) is 0. The Bertz CT molecular complexity index is 1420. The Labute approximate surface area is 218 Å². The van der Waals surface area contributed by atoms with Crippen molar-refractivity contribution in [2.45, 2.75) is 24.0 Å². The molecule has 4 aromatic carbocycles. The number of hydrogen-bond donors (Lipinski definition) is 0. The second kappa shape index (κ2) is 9.12. The first-order valence-electron chi connectivity index (χ1n) is 11.6. The Kier molecular flexibility index (Phi) is 5.79. The van der Waals surface area contributed by atoms with Crippen molar-refractivity contribution in [2.75, 3.05) is 0 Å². The first kappa shape index (κ1) is 22.8. The van der Waals surface area contributed by atoms with Gasteiger partial charge in [0.25, 0.3) is 0 Å². The third-order valence-electron chi connectivity index (χ3n) is 6.92. The summed E-state index contributed by atoms with van der Waals surface area (Å²) >= 11 is 12.8. The molecule has 0 fully saturated rings. The van der Waals surface area contributed by atoms with E-state index in [2.05, 4.69) is 0 Å². The predicted octanol–water partition coefficient (Wildman–Crippen LogP) is 7.04. The maximum atomic E-state index is 13.2. The fourth-order valence-corrected chi connectivity index (χ4v) is 5.78. The summed E-state index contributed by atoms with van der Waals surface area (Å²) in [5.74, 6) is -1.71. The van der Waals surface area contributed by atoms with E-state index in [4.69, 9.17) is 32.7 Å². The highest BCUT2D eigenvalue weighted by molar-refractivity contribution is 6.31. The van der Waals surface area contributed by atoms with Crippen molar-refractivity contribution >= 4 is 35.1 Å². The monoisotopic (exact) mass is 514 g/mol. The van der Waals surface area contributed by atoms with Gasteiger partial charge >= 0.3 is 11.9 Å². The second-order valence-electron chi connectivity index (χ2n) is 8.97. The van der Waals surface area contributed by atoms with E-state index in [0.29, 0.717) is 21.2 Å². The third-order valence-corrected chi connectivity index (χ3v) is 7.39. The number of benzene rings is 4. The SMILES string of the molecule is O=C(OC1C2c3ccc(Cl)cc3C(c3cc(Cl)ccc32)C1OC(=O)c1ccccc1)c1ccccc1. The molecule has 4 aromatic rings. The molecule has 0 saturated carbocycles. The van der Waals surface area contributed by atoms with Gasteiger partial charge in [0.05, 0.1) is 23.0 Å². The van der Waals surface area contributed by atoms with Crippen molar-refractivity contribution in [3.05, 3.63) is 140 Å². The highest BCUT2D eigenvalue weighted by atomic mass is 35.5. The zero-order valence-electron chi connectivity index (χ0n) is 18.9. The van der Waals surface area contributed by atoms with Crippen LogP contribution in [0.4, 0.5) is 0 Å². The third kappa shape index (κ3) is 3.87. The number of carbonyl (C=O) groups excluding carboxylic acids is 2. The molecule has 2 bridgehead atoms. The van der Waals surface area contributed by atoms with E-state index in [1.54, 1.807) is 48.5 Å². The van der Waals surface area contributed by atoms with Crippen LogP contribution in [0.3, 0.4) is 0 Å². The van der Waals surface area contributed by atoms with Gasteiger partial charge in [-0.05, 0) is 70.8 Å². The normalized spacial score (nSPS) is 21.3. The standard InChI is InChI=1S/C30H20Cl2O4/c31-19-11-13-21-23(15-19)26-24-16-20(32)12-14-22(24)25(21)27(35-29(33)17-7-3-1-4-8-17)28(26)36-30(34)18-9-5-2-6-10-18/h1-16,25-28H. The predicted molar refractivity (Wildman–Crippen MR) is 138 cm³/mol. The molecule has 36 heavy (non-hydrogen) atoms. The van der Waals surface area contributed by atoms with E-state index in [9.17, 15) is 9.59 Å². The maximum absolute atomic E-state index is 13.2. The zero-order valence-corrected chi connectivity index (χ0v) is 20.4. The number of carbonyl (C=O) groups is 2. The smallest absolute Gasteiger partial charge is 0.338 e. The molecule has 0 saturated heterocycles. The van der Waals surface area contributed by atoms with Gasteiger partial charge in [0.2, 0.25) is 0 Å². The highest BCUT2D eigenvalue weighted by Gasteiger charge is 2.54. The molecule has 0 aromatic heterocycles. The lowest BCUT2D eigenvalue weighted by Crippen LogP contribution is -2.51. The lowest BCUT2D eigenvalue weighted by atomic mass is 9.61. The van der Waals surface area contributed by atoms with Crippen LogP contribution in [0.1, 0.15) is 54.8 Å². The molecule has 178 valence electrons. The molecule has 0 heterocycles. The van der Waals surface area contributed by atoms with E-state index in [1.807, 2.05) is 48.5 Å². The van der Waals surface area contributed by atoms with Gasteiger partial charge in [0.1, 0.15) is 0 Å². The number of hydrogen-bond acceptors (Lipinski definition) is 4. The first-order valence-corrected chi connectivity index (χ1v) is 12.4. The summed E-state index contributed by atoms with van der Waals surface area (Å²) in [5.41, 5.74) is 4.74. The number of rotatable bonds is 4. The van der Waals surface area contributed by atoms with Crippen LogP contribution in [0.15, 0.2) is 97.1 Å². The van der Waals surface area contributed by atoms with Gasteiger partial charge in [-0.2, -0.15) is 0 Å². The lowest BCUT2D eigenvalue weighted by Gasteiger charge is -2.49. The minimum atomic E-state index is -0.771. The topological polar surface area (TPSA) is 52.6 Å². The van der Waals surface area contributed by atoms with Crippen molar-refractivity contribution in [3.63, 3.8) is 0 Å². The van der Waals surface area contributed by atoms with Gasteiger partial charge < -0.3 is 9.47 Å². The van der Waals surface area contributed by atoms with Gasteiger partial charge in [-0.1, -0.05) is 71.7 Å². The second-order valence-corrected chi connectivity index (χ2v) is 9.85. The Morgan fingerprint density at radius 3 is 1.33 bits per heavy atom. The molecule has 6 heteroatoms. The van der Waals surface area contributed by atoms with Crippen LogP contribution in [0.5, 0.6) is 0 Å². The van der Waals surface area contributed by atoms with E-state index in [1.165, 1.54) is 0 Å². The molecular formula is C30H20Cl2O4. The molecular weight excluding hydrogens is 495 g/mol. The largest absolute Gasteiger partial charge is 0.454 e. The summed E-state index contributed by atoms with van der Waals surface area (Å²) in [7, 11) is 0.